The third kappa shape index (κ3) is 4.47. The molecule has 5 heteroatoms. The highest BCUT2D eigenvalue weighted by molar-refractivity contribution is 5.42. The molecule has 2 unspecified atom stereocenters. The standard InChI is InChI=1S/C22H26F2N2O/c23-15-4-1-3-14(11-15)13-27-21-6-2-5-19(24)22(21)18-12-20(18)26-17-9-7-16(25)8-10-17/h1-6,11,16-18,20,26H,7-10,12-13,25H2. The van der Waals surface area contributed by atoms with Crippen LogP contribution in [0.4, 0.5) is 8.78 Å². The quantitative estimate of drug-likeness (QED) is 0.797. The van der Waals surface area contributed by atoms with Crippen LogP contribution in [0.1, 0.15) is 49.1 Å². The lowest BCUT2D eigenvalue weighted by Crippen LogP contribution is -2.38. The van der Waals surface area contributed by atoms with Gasteiger partial charge >= 0.3 is 0 Å². The second-order valence-corrected chi connectivity index (χ2v) is 7.80. The topological polar surface area (TPSA) is 47.3 Å². The Morgan fingerprint density at radius 2 is 1.81 bits per heavy atom. The first-order valence-corrected chi connectivity index (χ1v) is 9.77. The van der Waals surface area contributed by atoms with Gasteiger partial charge in [-0.2, -0.15) is 0 Å². The minimum absolute atomic E-state index is 0.129. The molecule has 2 aromatic rings. The first kappa shape index (κ1) is 18.4. The van der Waals surface area contributed by atoms with Crippen LogP contribution in [0.3, 0.4) is 0 Å². The SMILES string of the molecule is NC1CCC(NC2CC2c2c(F)cccc2OCc2cccc(F)c2)CC1. The van der Waals surface area contributed by atoms with Crippen molar-refractivity contribution in [2.45, 2.75) is 62.8 Å². The molecule has 27 heavy (non-hydrogen) atoms. The Kier molecular flexibility index (Phi) is 5.41. The molecule has 3 N–H and O–H groups in total. The van der Waals surface area contributed by atoms with Gasteiger partial charge in [0.25, 0.3) is 0 Å². The molecule has 2 saturated carbocycles. The van der Waals surface area contributed by atoms with Crippen LogP contribution in [0.5, 0.6) is 5.75 Å². The van der Waals surface area contributed by atoms with Gasteiger partial charge in [-0.25, -0.2) is 8.78 Å². The van der Waals surface area contributed by atoms with Gasteiger partial charge in [0.2, 0.25) is 0 Å². The molecule has 2 fully saturated rings. The fourth-order valence-corrected chi connectivity index (χ4v) is 4.08. The van der Waals surface area contributed by atoms with Crippen LogP contribution >= 0.6 is 0 Å². The van der Waals surface area contributed by atoms with Crippen molar-refractivity contribution in [1.29, 1.82) is 0 Å². The highest BCUT2D eigenvalue weighted by Crippen LogP contribution is 2.46. The van der Waals surface area contributed by atoms with Crippen molar-refractivity contribution in [3.63, 3.8) is 0 Å². The van der Waals surface area contributed by atoms with Crippen molar-refractivity contribution in [3.8, 4) is 5.75 Å². The Morgan fingerprint density at radius 1 is 1.04 bits per heavy atom. The van der Waals surface area contributed by atoms with Gasteiger partial charge in [-0.3, -0.25) is 0 Å². The molecular formula is C22H26F2N2O. The lowest BCUT2D eigenvalue weighted by Gasteiger charge is -2.27. The van der Waals surface area contributed by atoms with Crippen molar-refractivity contribution in [3.05, 3.63) is 65.2 Å². The number of halogens is 2. The maximum absolute atomic E-state index is 14.5. The van der Waals surface area contributed by atoms with Crippen molar-refractivity contribution in [1.82, 2.24) is 5.32 Å². The summed E-state index contributed by atoms with van der Waals surface area (Å²) in [5, 5.41) is 3.67. The Bertz CT molecular complexity index is 790. The summed E-state index contributed by atoms with van der Waals surface area (Å²) in [6.45, 7) is 0.222. The summed E-state index contributed by atoms with van der Waals surface area (Å²) < 4.78 is 33.8. The monoisotopic (exact) mass is 372 g/mol. The fraction of sp³-hybridized carbons (Fsp3) is 0.455. The van der Waals surface area contributed by atoms with Gasteiger partial charge in [0.15, 0.2) is 0 Å². The predicted molar refractivity (Wildman–Crippen MR) is 102 cm³/mol. The third-order valence-corrected chi connectivity index (χ3v) is 5.68. The van der Waals surface area contributed by atoms with Gasteiger partial charge < -0.3 is 15.8 Å². The van der Waals surface area contributed by atoms with E-state index in [1.54, 1.807) is 24.3 Å². The number of nitrogens with two attached hydrogens (primary N) is 1. The van der Waals surface area contributed by atoms with E-state index in [1.807, 2.05) is 0 Å². The summed E-state index contributed by atoms with van der Waals surface area (Å²) >= 11 is 0. The number of nitrogens with one attached hydrogen (secondary N) is 1. The molecule has 2 aliphatic rings. The van der Waals surface area contributed by atoms with E-state index in [1.165, 1.54) is 18.2 Å². The highest BCUT2D eigenvalue weighted by Gasteiger charge is 2.43. The van der Waals surface area contributed by atoms with Crippen LogP contribution < -0.4 is 15.8 Å². The largest absolute Gasteiger partial charge is 0.489 e. The zero-order valence-electron chi connectivity index (χ0n) is 15.3. The van der Waals surface area contributed by atoms with E-state index < -0.39 is 0 Å². The molecule has 4 rings (SSSR count). The highest BCUT2D eigenvalue weighted by atomic mass is 19.1. The number of benzene rings is 2. The molecule has 2 aromatic carbocycles. The maximum atomic E-state index is 14.5. The van der Waals surface area contributed by atoms with Crippen LogP contribution in [0, 0.1) is 11.6 Å². The van der Waals surface area contributed by atoms with Crippen LogP contribution in [-0.2, 0) is 6.61 Å². The molecule has 0 amide bonds. The van der Waals surface area contributed by atoms with Gasteiger partial charge in [0.1, 0.15) is 24.0 Å². The van der Waals surface area contributed by atoms with E-state index in [9.17, 15) is 8.78 Å². The molecule has 3 nitrogen and oxygen atoms in total. The molecule has 0 aliphatic heterocycles. The van der Waals surface area contributed by atoms with Crippen molar-refractivity contribution >= 4 is 0 Å². The Morgan fingerprint density at radius 3 is 2.59 bits per heavy atom. The summed E-state index contributed by atoms with van der Waals surface area (Å²) in [5.41, 5.74) is 7.34. The molecule has 0 bridgehead atoms. The number of hydrogen-bond donors (Lipinski definition) is 2. The molecule has 0 heterocycles. The average molecular weight is 372 g/mol. The van der Waals surface area contributed by atoms with E-state index in [4.69, 9.17) is 10.5 Å². The summed E-state index contributed by atoms with van der Waals surface area (Å²) in [5.74, 6) is 0.157. The van der Waals surface area contributed by atoms with Gasteiger partial charge in [0.05, 0.1) is 0 Å². The lowest BCUT2D eigenvalue weighted by molar-refractivity contribution is 0.299. The first-order valence-electron chi connectivity index (χ1n) is 9.77. The van der Waals surface area contributed by atoms with Crippen molar-refractivity contribution in [2.75, 3.05) is 0 Å². The van der Waals surface area contributed by atoms with Crippen LogP contribution in [-0.4, -0.2) is 18.1 Å². The van der Waals surface area contributed by atoms with E-state index in [0.717, 1.165) is 37.7 Å². The summed E-state index contributed by atoms with van der Waals surface area (Å²) in [7, 11) is 0. The molecule has 0 radical (unpaired) electrons. The number of rotatable bonds is 6. The zero-order chi connectivity index (χ0) is 18.8. The summed E-state index contributed by atoms with van der Waals surface area (Å²) in [6.07, 6.45) is 5.20. The summed E-state index contributed by atoms with van der Waals surface area (Å²) in [6, 6.07) is 12.3. The second kappa shape index (κ2) is 7.95. The van der Waals surface area contributed by atoms with Crippen LogP contribution in [0.25, 0.3) is 0 Å². The van der Waals surface area contributed by atoms with E-state index in [-0.39, 0.29) is 30.2 Å². The summed E-state index contributed by atoms with van der Waals surface area (Å²) in [4.78, 5) is 0. The molecule has 2 atom stereocenters. The number of hydrogen-bond acceptors (Lipinski definition) is 3. The second-order valence-electron chi connectivity index (χ2n) is 7.80. The van der Waals surface area contributed by atoms with Crippen LogP contribution in [0.2, 0.25) is 0 Å². The Labute approximate surface area is 158 Å². The van der Waals surface area contributed by atoms with Gasteiger partial charge in [-0.05, 0) is 61.9 Å². The van der Waals surface area contributed by atoms with Crippen molar-refractivity contribution in [2.24, 2.45) is 5.73 Å². The molecule has 144 valence electrons. The van der Waals surface area contributed by atoms with E-state index in [2.05, 4.69) is 5.32 Å². The third-order valence-electron chi connectivity index (χ3n) is 5.68. The smallest absolute Gasteiger partial charge is 0.130 e. The normalized spacial score (nSPS) is 27.4. The first-order chi connectivity index (χ1) is 13.1. The van der Waals surface area contributed by atoms with E-state index in [0.29, 0.717) is 23.4 Å². The van der Waals surface area contributed by atoms with Gasteiger partial charge in [0, 0.05) is 29.6 Å². The fourth-order valence-electron chi connectivity index (χ4n) is 4.08. The molecule has 2 aliphatic carbocycles. The lowest BCUT2D eigenvalue weighted by atomic mass is 9.92. The Hall–Kier alpha value is -1.98. The van der Waals surface area contributed by atoms with Crippen molar-refractivity contribution < 1.29 is 13.5 Å². The van der Waals surface area contributed by atoms with Crippen LogP contribution in [0.15, 0.2) is 42.5 Å². The molecular weight excluding hydrogens is 346 g/mol. The van der Waals surface area contributed by atoms with Gasteiger partial charge in [-0.15, -0.1) is 0 Å². The van der Waals surface area contributed by atoms with E-state index >= 15 is 0 Å². The Balaban J connectivity index is 1.41. The minimum atomic E-state index is -0.297. The molecule has 0 aromatic heterocycles. The maximum Gasteiger partial charge on any atom is 0.130 e. The zero-order valence-corrected chi connectivity index (χ0v) is 15.3. The minimum Gasteiger partial charge on any atom is -0.489 e. The predicted octanol–water partition coefficient (Wildman–Crippen LogP) is 4.26. The number of ether oxygens (including phenoxy) is 1. The van der Waals surface area contributed by atoms with Gasteiger partial charge in [-0.1, -0.05) is 18.2 Å². The molecule has 0 saturated heterocycles. The molecule has 0 spiro atoms. The average Bonchev–Trinajstić information content (AvgIpc) is 3.40.